The topological polar surface area (TPSA) is 60.9 Å². The summed E-state index contributed by atoms with van der Waals surface area (Å²) in [5.74, 6) is -0.855. The van der Waals surface area contributed by atoms with Crippen LogP contribution in [0.15, 0.2) is 0 Å². The summed E-state index contributed by atoms with van der Waals surface area (Å²) in [6, 6.07) is 0. The van der Waals surface area contributed by atoms with Gasteiger partial charge in [-0.3, -0.25) is 14.5 Å². The first-order valence-corrected chi connectivity index (χ1v) is 6.77. The second kappa shape index (κ2) is 7.36. The quantitative estimate of drug-likeness (QED) is 0.771. The number of amides is 1. The van der Waals surface area contributed by atoms with Crippen LogP contribution in [0.25, 0.3) is 0 Å². The predicted molar refractivity (Wildman–Crippen MR) is 69.3 cm³/mol. The molecule has 0 aromatic carbocycles. The number of nitrogens with zero attached hydrogens (tertiary/aromatic N) is 2. The van der Waals surface area contributed by atoms with Gasteiger partial charge in [0.25, 0.3) is 0 Å². The SMILES string of the molecule is CCCCC(=O)N1CCN(CC(C)C(=O)O)CC1. The Morgan fingerprint density at radius 1 is 1.22 bits per heavy atom. The van der Waals surface area contributed by atoms with Crippen LogP contribution < -0.4 is 0 Å². The molecule has 1 N–H and O–H groups in total. The van der Waals surface area contributed by atoms with Gasteiger partial charge in [-0.25, -0.2) is 0 Å². The van der Waals surface area contributed by atoms with E-state index in [2.05, 4.69) is 11.8 Å². The molecule has 1 fully saturated rings. The number of hydrogen-bond donors (Lipinski definition) is 1. The van der Waals surface area contributed by atoms with E-state index < -0.39 is 5.97 Å². The van der Waals surface area contributed by atoms with Crippen LogP contribution in [0.1, 0.15) is 33.1 Å². The molecule has 0 saturated carbocycles. The van der Waals surface area contributed by atoms with Crippen molar-refractivity contribution < 1.29 is 14.7 Å². The largest absolute Gasteiger partial charge is 0.481 e. The molecule has 1 aliphatic heterocycles. The van der Waals surface area contributed by atoms with Crippen molar-refractivity contribution in [1.82, 2.24) is 9.80 Å². The number of piperazine rings is 1. The Morgan fingerprint density at radius 2 is 1.83 bits per heavy atom. The zero-order chi connectivity index (χ0) is 13.5. The maximum Gasteiger partial charge on any atom is 0.307 e. The highest BCUT2D eigenvalue weighted by Gasteiger charge is 2.23. The Balaban J connectivity index is 2.28. The zero-order valence-electron chi connectivity index (χ0n) is 11.4. The van der Waals surface area contributed by atoms with E-state index in [0.29, 0.717) is 13.0 Å². The molecule has 104 valence electrons. The lowest BCUT2D eigenvalue weighted by molar-refractivity contribution is -0.142. The molecule has 0 aromatic heterocycles. The van der Waals surface area contributed by atoms with Gasteiger partial charge in [-0.15, -0.1) is 0 Å². The van der Waals surface area contributed by atoms with Crippen LogP contribution in [0, 0.1) is 5.92 Å². The van der Waals surface area contributed by atoms with Crippen LogP contribution in [0.2, 0.25) is 0 Å². The van der Waals surface area contributed by atoms with Gasteiger partial charge in [0, 0.05) is 39.1 Å². The first-order valence-electron chi connectivity index (χ1n) is 6.77. The van der Waals surface area contributed by atoms with Crippen LogP contribution in [-0.4, -0.2) is 59.5 Å². The first-order chi connectivity index (χ1) is 8.54. The average molecular weight is 256 g/mol. The number of aliphatic carboxylic acids is 1. The van der Waals surface area contributed by atoms with Gasteiger partial charge in [-0.1, -0.05) is 20.3 Å². The van der Waals surface area contributed by atoms with E-state index in [1.54, 1.807) is 6.92 Å². The molecule has 1 atom stereocenters. The Hall–Kier alpha value is -1.10. The summed E-state index contributed by atoms with van der Waals surface area (Å²) in [6.45, 7) is 7.42. The molecule has 5 nitrogen and oxygen atoms in total. The molecule has 0 aromatic rings. The molecule has 18 heavy (non-hydrogen) atoms. The van der Waals surface area contributed by atoms with E-state index in [4.69, 9.17) is 5.11 Å². The Morgan fingerprint density at radius 3 is 2.33 bits per heavy atom. The molecular formula is C13H24N2O3. The number of carboxylic acids is 1. The molecule has 0 spiro atoms. The van der Waals surface area contributed by atoms with Gasteiger partial charge in [0.2, 0.25) is 5.91 Å². The van der Waals surface area contributed by atoms with Crippen molar-refractivity contribution in [2.75, 3.05) is 32.7 Å². The smallest absolute Gasteiger partial charge is 0.307 e. The van der Waals surface area contributed by atoms with Gasteiger partial charge in [0.15, 0.2) is 0 Å². The summed E-state index contributed by atoms with van der Waals surface area (Å²) in [4.78, 5) is 26.6. The van der Waals surface area contributed by atoms with Crippen molar-refractivity contribution >= 4 is 11.9 Å². The van der Waals surface area contributed by atoms with E-state index in [9.17, 15) is 9.59 Å². The van der Waals surface area contributed by atoms with Gasteiger partial charge in [-0.05, 0) is 6.42 Å². The summed E-state index contributed by atoms with van der Waals surface area (Å²) in [7, 11) is 0. The van der Waals surface area contributed by atoms with Gasteiger partial charge >= 0.3 is 5.97 Å². The number of rotatable bonds is 6. The highest BCUT2D eigenvalue weighted by Crippen LogP contribution is 2.08. The van der Waals surface area contributed by atoms with Gasteiger partial charge in [-0.2, -0.15) is 0 Å². The summed E-state index contributed by atoms with van der Waals surface area (Å²) in [5.41, 5.74) is 0. The van der Waals surface area contributed by atoms with Crippen molar-refractivity contribution in [3.8, 4) is 0 Å². The van der Waals surface area contributed by atoms with Crippen molar-refractivity contribution in [1.29, 1.82) is 0 Å². The Bertz CT molecular complexity index is 286. The highest BCUT2D eigenvalue weighted by atomic mass is 16.4. The number of unbranched alkanes of at least 4 members (excludes halogenated alkanes) is 1. The monoisotopic (exact) mass is 256 g/mol. The molecule has 1 heterocycles. The fourth-order valence-corrected chi connectivity index (χ4v) is 2.13. The van der Waals surface area contributed by atoms with Crippen LogP contribution in [0.5, 0.6) is 0 Å². The molecular weight excluding hydrogens is 232 g/mol. The predicted octanol–water partition coefficient (Wildman–Crippen LogP) is 1.04. The van der Waals surface area contributed by atoms with Gasteiger partial charge in [0.05, 0.1) is 5.92 Å². The van der Waals surface area contributed by atoms with Crippen LogP contribution in [0.4, 0.5) is 0 Å². The number of carbonyl (C=O) groups excluding carboxylic acids is 1. The average Bonchev–Trinajstić information content (AvgIpc) is 2.36. The maximum absolute atomic E-state index is 11.8. The lowest BCUT2D eigenvalue weighted by Gasteiger charge is -2.35. The minimum atomic E-state index is -0.753. The van der Waals surface area contributed by atoms with E-state index in [1.807, 2.05) is 4.90 Å². The van der Waals surface area contributed by atoms with Crippen LogP contribution in [-0.2, 0) is 9.59 Å². The molecule has 0 bridgehead atoms. The van der Waals surface area contributed by atoms with E-state index in [0.717, 1.165) is 39.0 Å². The lowest BCUT2D eigenvalue weighted by Crippen LogP contribution is -2.50. The molecule has 1 saturated heterocycles. The maximum atomic E-state index is 11.8. The fraction of sp³-hybridized carbons (Fsp3) is 0.846. The van der Waals surface area contributed by atoms with Crippen molar-refractivity contribution in [2.45, 2.75) is 33.1 Å². The first kappa shape index (κ1) is 15.0. The highest BCUT2D eigenvalue weighted by molar-refractivity contribution is 5.76. The number of carbonyl (C=O) groups is 2. The molecule has 1 rings (SSSR count). The van der Waals surface area contributed by atoms with E-state index in [1.165, 1.54) is 0 Å². The standard InChI is InChI=1S/C13H24N2O3/c1-3-4-5-12(16)15-8-6-14(7-9-15)10-11(2)13(17)18/h11H,3-10H2,1-2H3,(H,17,18). The summed E-state index contributed by atoms with van der Waals surface area (Å²) >= 11 is 0. The molecule has 0 radical (unpaired) electrons. The van der Waals surface area contributed by atoms with E-state index >= 15 is 0 Å². The van der Waals surface area contributed by atoms with Crippen molar-refractivity contribution in [2.24, 2.45) is 5.92 Å². The van der Waals surface area contributed by atoms with Crippen molar-refractivity contribution in [3.05, 3.63) is 0 Å². The van der Waals surface area contributed by atoms with Crippen LogP contribution in [0.3, 0.4) is 0 Å². The normalized spacial score (nSPS) is 18.7. The summed E-state index contributed by atoms with van der Waals surface area (Å²) in [6.07, 6.45) is 2.64. The zero-order valence-corrected chi connectivity index (χ0v) is 11.4. The molecule has 5 heteroatoms. The third kappa shape index (κ3) is 4.64. The summed E-state index contributed by atoms with van der Waals surface area (Å²) in [5, 5.41) is 8.86. The van der Waals surface area contributed by atoms with Crippen LogP contribution >= 0.6 is 0 Å². The van der Waals surface area contributed by atoms with Gasteiger partial charge in [0.1, 0.15) is 0 Å². The van der Waals surface area contributed by atoms with Crippen molar-refractivity contribution in [3.63, 3.8) is 0 Å². The minimum absolute atomic E-state index is 0.239. The third-order valence-electron chi connectivity index (χ3n) is 3.42. The minimum Gasteiger partial charge on any atom is -0.481 e. The molecule has 0 aliphatic carbocycles. The number of hydrogen-bond acceptors (Lipinski definition) is 3. The van der Waals surface area contributed by atoms with E-state index in [-0.39, 0.29) is 11.8 Å². The molecule has 1 amide bonds. The number of carboxylic acid groups (broad SMARTS) is 1. The lowest BCUT2D eigenvalue weighted by atomic mass is 10.1. The summed E-state index contributed by atoms with van der Waals surface area (Å²) < 4.78 is 0. The third-order valence-corrected chi connectivity index (χ3v) is 3.42. The second-order valence-electron chi connectivity index (χ2n) is 5.02. The van der Waals surface area contributed by atoms with Gasteiger partial charge < -0.3 is 10.0 Å². The second-order valence-corrected chi connectivity index (χ2v) is 5.02. The molecule has 1 aliphatic rings. The Kier molecular flexibility index (Phi) is 6.12. The molecule has 1 unspecified atom stereocenters. The fourth-order valence-electron chi connectivity index (χ4n) is 2.13. The Labute approximate surface area is 109 Å².